The van der Waals surface area contributed by atoms with Crippen molar-refractivity contribution in [2.75, 3.05) is 13.7 Å². The van der Waals surface area contributed by atoms with Crippen LogP contribution in [0.2, 0.25) is 0 Å². The van der Waals surface area contributed by atoms with Gasteiger partial charge in [0.2, 0.25) is 0 Å². The molecule has 0 aliphatic heterocycles. The lowest BCUT2D eigenvalue weighted by Crippen LogP contribution is -2.43. The van der Waals surface area contributed by atoms with Crippen molar-refractivity contribution < 1.29 is 5.11 Å². The van der Waals surface area contributed by atoms with E-state index in [2.05, 4.69) is 47.4 Å². The fraction of sp³-hybridized carbons (Fsp3) is 0.375. The maximum atomic E-state index is 9.37. The minimum Gasteiger partial charge on any atom is -0.394 e. The molecule has 2 rings (SSSR count). The zero-order chi connectivity index (χ0) is 13.2. The smallest absolute Gasteiger partial charge is 0.0610 e. The molecule has 0 aliphatic rings. The second-order valence-corrected chi connectivity index (χ2v) is 5.51. The van der Waals surface area contributed by atoms with Crippen LogP contribution < -0.4 is 0 Å². The minimum absolute atomic E-state index is 0.164. The van der Waals surface area contributed by atoms with Gasteiger partial charge in [0, 0.05) is 12.1 Å². The third-order valence-electron chi connectivity index (χ3n) is 3.65. The van der Waals surface area contributed by atoms with E-state index in [0.717, 1.165) is 6.54 Å². The van der Waals surface area contributed by atoms with Crippen molar-refractivity contribution in [2.45, 2.75) is 25.9 Å². The Bertz CT molecular complexity index is 533. The first-order chi connectivity index (χ1) is 8.53. The molecule has 0 amide bonds. The van der Waals surface area contributed by atoms with Gasteiger partial charge in [-0.3, -0.25) is 4.90 Å². The van der Waals surface area contributed by atoms with E-state index in [0.29, 0.717) is 0 Å². The van der Waals surface area contributed by atoms with Gasteiger partial charge in [0.15, 0.2) is 0 Å². The molecule has 0 aliphatic carbocycles. The van der Waals surface area contributed by atoms with Crippen LogP contribution in [0.4, 0.5) is 0 Å². The summed E-state index contributed by atoms with van der Waals surface area (Å²) in [6, 6.07) is 14.9. The Labute approximate surface area is 109 Å². The van der Waals surface area contributed by atoms with Gasteiger partial charge in [-0.15, -0.1) is 0 Å². The maximum absolute atomic E-state index is 9.37. The molecular weight excluding hydrogens is 222 g/mol. The third kappa shape index (κ3) is 2.71. The number of rotatable bonds is 4. The summed E-state index contributed by atoms with van der Waals surface area (Å²) in [6.45, 7) is 5.11. The summed E-state index contributed by atoms with van der Waals surface area (Å²) in [7, 11) is 2.05. The molecule has 0 saturated heterocycles. The molecule has 2 nitrogen and oxygen atoms in total. The first kappa shape index (κ1) is 13.1. The third-order valence-corrected chi connectivity index (χ3v) is 3.65. The van der Waals surface area contributed by atoms with Gasteiger partial charge in [-0.1, -0.05) is 36.4 Å². The molecule has 0 fully saturated rings. The number of fused-ring (bicyclic) bond motifs is 1. The van der Waals surface area contributed by atoms with E-state index in [-0.39, 0.29) is 12.1 Å². The molecule has 0 spiro atoms. The highest BCUT2D eigenvalue weighted by Crippen LogP contribution is 2.19. The summed E-state index contributed by atoms with van der Waals surface area (Å²) in [5.41, 5.74) is 1.09. The van der Waals surface area contributed by atoms with Gasteiger partial charge < -0.3 is 5.11 Å². The van der Waals surface area contributed by atoms with Gasteiger partial charge >= 0.3 is 0 Å². The highest BCUT2D eigenvalue weighted by Gasteiger charge is 2.22. The molecule has 0 saturated carbocycles. The van der Waals surface area contributed by atoms with Crippen molar-refractivity contribution in [3.8, 4) is 0 Å². The number of aliphatic hydroxyl groups is 1. The fourth-order valence-electron chi connectivity index (χ4n) is 1.95. The number of hydrogen-bond acceptors (Lipinski definition) is 2. The van der Waals surface area contributed by atoms with Crippen LogP contribution >= 0.6 is 0 Å². The minimum atomic E-state index is -0.189. The standard InChI is InChI=1S/C16H21NO/c1-16(2,12-18)17(3)11-13-8-9-14-6-4-5-7-15(14)10-13/h4-10,18H,11-12H2,1-3H3. The topological polar surface area (TPSA) is 23.5 Å². The highest BCUT2D eigenvalue weighted by molar-refractivity contribution is 5.82. The molecule has 18 heavy (non-hydrogen) atoms. The van der Waals surface area contributed by atoms with E-state index < -0.39 is 0 Å². The number of aliphatic hydroxyl groups excluding tert-OH is 1. The summed E-state index contributed by atoms with van der Waals surface area (Å²) in [5.74, 6) is 0. The van der Waals surface area contributed by atoms with Crippen molar-refractivity contribution in [3.05, 3.63) is 48.0 Å². The van der Waals surface area contributed by atoms with E-state index >= 15 is 0 Å². The number of hydrogen-bond donors (Lipinski definition) is 1. The lowest BCUT2D eigenvalue weighted by atomic mass is 10.0. The van der Waals surface area contributed by atoms with Gasteiger partial charge in [0.1, 0.15) is 0 Å². The number of benzene rings is 2. The summed E-state index contributed by atoms with van der Waals surface area (Å²) < 4.78 is 0. The van der Waals surface area contributed by atoms with Crippen LogP contribution in [0.1, 0.15) is 19.4 Å². The predicted octanol–water partition coefficient (Wildman–Crippen LogP) is 3.04. The Morgan fingerprint density at radius 1 is 1.06 bits per heavy atom. The molecule has 0 bridgehead atoms. The summed E-state index contributed by atoms with van der Waals surface area (Å²) in [4.78, 5) is 2.18. The van der Waals surface area contributed by atoms with Crippen LogP contribution in [0.15, 0.2) is 42.5 Å². The summed E-state index contributed by atoms with van der Waals surface area (Å²) in [6.07, 6.45) is 0. The van der Waals surface area contributed by atoms with Crippen molar-refractivity contribution in [1.29, 1.82) is 0 Å². The number of nitrogens with zero attached hydrogens (tertiary/aromatic N) is 1. The van der Waals surface area contributed by atoms with Gasteiger partial charge in [0.05, 0.1) is 6.61 Å². The van der Waals surface area contributed by atoms with Gasteiger partial charge in [-0.25, -0.2) is 0 Å². The lowest BCUT2D eigenvalue weighted by molar-refractivity contribution is 0.0734. The molecule has 0 unspecified atom stereocenters. The maximum Gasteiger partial charge on any atom is 0.0610 e. The number of likely N-dealkylation sites (N-methyl/N-ethyl adjacent to an activating group) is 1. The van der Waals surface area contributed by atoms with Crippen LogP contribution in [-0.2, 0) is 6.54 Å². The lowest BCUT2D eigenvalue weighted by Gasteiger charge is -2.33. The van der Waals surface area contributed by atoms with Gasteiger partial charge in [-0.05, 0) is 43.3 Å². The fourth-order valence-corrected chi connectivity index (χ4v) is 1.95. The van der Waals surface area contributed by atoms with Crippen LogP contribution in [0.5, 0.6) is 0 Å². The summed E-state index contributed by atoms with van der Waals surface area (Å²) in [5, 5.41) is 11.9. The quantitative estimate of drug-likeness (QED) is 0.892. The second kappa shape index (κ2) is 5.09. The van der Waals surface area contributed by atoms with Crippen LogP contribution in [0.3, 0.4) is 0 Å². The van der Waals surface area contributed by atoms with E-state index in [1.807, 2.05) is 20.9 Å². The molecule has 2 aromatic rings. The van der Waals surface area contributed by atoms with Crippen molar-refractivity contribution >= 4 is 10.8 Å². The van der Waals surface area contributed by atoms with E-state index in [1.165, 1.54) is 16.3 Å². The SMILES string of the molecule is CN(Cc1ccc2ccccc2c1)C(C)(C)CO. The predicted molar refractivity (Wildman–Crippen MR) is 76.6 cm³/mol. The zero-order valence-corrected chi connectivity index (χ0v) is 11.4. The van der Waals surface area contributed by atoms with Gasteiger partial charge in [-0.2, -0.15) is 0 Å². The monoisotopic (exact) mass is 243 g/mol. The van der Waals surface area contributed by atoms with E-state index in [4.69, 9.17) is 0 Å². The Morgan fingerprint density at radius 3 is 2.39 bits per heavy atom. The first-order valence-electron chi connectivity index (χ1n) is 6.33. The Kier molecular flexibility index (Phi) is 3.69. The summed E-state index contributed by atoms with van der Waals surface area (Å²) >= 11 is 0. The van der Waals surface area contributed by atoms with Crippen molar-refractivity contribution in [1.82, 2.24) is 4.90 Å². The average Bonchev–Trinajstić information content (AvgIpc) is 2.38. The second-order valence-electron chi connectivity index (χ2n) is 5.51. The Balaban J connectivity index is 2.22. The van der Waals surface area contributed by atoms with Crippen LogP contribution in [0, 0.1) is 0 Å². The van der Waals surface area contributed by atoms with Gasteiger partial charge in [0.25, 0.3) is 0 Å². The van der Waals surface area contributed by atoms with Crippen LogP contribution in [0.25, 0.3) is 10.8 Å². The van der Waals surface area contributed by atoms with E-state index in [1.54, 1.807) is 0 Å². The van der Waals surface area contributed by atoms with Crippen molar-refractivity contribution in [2.24, 2.45) is 0 Å². The largest absolute Gasteiger partial charge is 0.394 e. The normalized spacial score (nSPS) is 12.3. The van der Waals surface area contributed by atoms with E-state index in [9.17, 15) is 5.11 Å². The zero-order valence-electron chi connectivity index (χ0n) is 11.4. The molecule has 0 aromatic heterocycles. The Morgan fingerprint density at radius 2 is 1.72 bits per heavy atom. The molecule has 0 radical (unpaired) electrons. The first-order valence-corrected chi connectivity index (χ1v) is 6.33. The molecule has 96 valence electrons. The molecule has 2 heteroatoms. The van der Waals surface area contributed by atoms with Crippen molar-refractivity contribution in [3.63, 3.8) is 0 Å². The highest BCUT2D eigenvalue weighted by atomic mass is 16.3. The molecule has 1 N–H and O–H groups in total. The molecule has 0 heterocycles. The molecule has 2 aromatic carbocycles. The van der Waals surface area contributed by atoms with Crippen LogP contribution in [-0.4, -0.2) is 29.2 Å². The average molecular weight is 243 g/mol. The molecular formula is C16H21NO. The molecule has 0 atom stereocenters. The Hall–Kier alpha value is -1.38.